The average Bonchev–Trinajstić information content (AvgIpc) is 2.45. The Morgan fingerprint density at radius 2 is 2.38 bits per heavy atom. The van der Waals surface area contributed by atoms with Gasteiger partial charge in [0.15, 0.2) is 0 Å². The van der Waals surface area contributed by atoms with E-state index in [0.29, 0.717) is 0 Å². The van der Waals surface area contributed by atoms with Crippen LogP contribution in [0.4, 0.5) is 0 Å². The summed E-state index contributed by atoms with van der Waals surface area (Å²) >= 11 is 3.46. The second kappa shape index (κ2) is 5.40. The Labute approximate surface area is 86.9 Å². The van der Waals surface area contributed by atoms with Crippen molar-refractivity contribution in [1.29, 1.82) is 0 Å². The summed E-state index contributed by atoms with van der Waals surface area (Å²) in [6.45, 7) is 3.15. The van der Waals surface area contributed by atoms with Crippen molar-refractivity contribution < 1.29 is 5.11 Å². The van der Waals surface area contributed by atoms with Crippen LogP contribution in [0.25, 0.3) is 0 Å². The molecule has 1 aromatic heterocycles. The van der Waals surface area contributed by atoms with Gasteiger partial charge in [-0.2, -0.15) is 5.10 Å². The molecule has 3 nitrogen and oxygen atoms in total. The second-order valence-corrected chi connectivity index (χ2v) is 3.87. The van der Waals surface area contributed by atoms with E-state index in [4.69, 9.17) is 5.11 Å². The van der Waals surface area contributed by atoms with Crippen molar-refractivity contribution in [3.63, 3.8) is 0 Å². The van der Waals surface area contributed by atoms with Gasteiger partial charge in [0, 0.05) is 19.3 Å². The van der Waals surface area contributed by atoms with Crippen LogP contribution in [0.5, 0.6) is 0 Å². The predicted octanol–water partition coefficient (Wildman–Crippen LogP) is 1.98. The van der Waals surface area contributed by atoms with Crippen LogP contribution in [0.15, 0.2) is 10.7 Å². The lowest BCUT2D eigenvalue weighted by Crippen LogP contribution is -2.01. The molecular weight excluding hydrogens is 232 g/mol. The van der Waals surface area contributed by atoms with E-state index in [-0.39, 0.29) is 6.61 Å². The molecule has 1 aromatic rings. The third-order valence-electron chi connectivity index (χ3n) is 1.82. The van der Waals surface area contributed by atoms with E-state index in [2.05, 4.69) is 28.0 Å². The zero-order valence-corrected chi connectivity index (χ0v) is 9.42. The monoisotopic (exact) mass is 246 g/mol. The smallest absolute Gasteiger partial charge is 0.0766 e. The minimum Gasteiger partial charge on any atom is -0.396 e. The van der Waals surface area contributed by atoms with Gasteiger partial charge in [0.25, 0.3) is 0 Å². The van der Waals surface area contributed by atoms with E-state index < -0.39 is 0 Å². The third-order valence-corrected chi connectivity index (χ3v) is 2.48. The maximum atomic E-state index is 8.65. The Hall–Kier alpha value is -0.350. The maximum absolute atomic E-state index is 8.65. The Balaban J connectivity index is 2.59. The average molecular weight is 247 g/mol. The maximum Gasteiger partial charge on any atom is 0.0766 e. The molecule has 0 amide bonds. The fourth-order valence-electron chi connectivity index (χ4n) is 1.19. The van der Waals surface area contributed by atoms with Crippen molar-refractivity contribution in [3.8, 4) is 0 Å². The molecule has 1 rings (SSSR count). The highest BCUT2D eigenvalue weighted by Gasteiger charge is 2.04. The zero-order chi connectivity index (χ0) is 9.68. The largest absolute Gasteiger partial charge is 0.396 e. The number of nitrogens with zero attached hydrogens (tertiary/aromatic N) is 2. The van der Waals surface area contributed by atoms with E-state index in [9.17, 15) is 0 Å². The van der Waals surface area contributed by atoms with E-state index >= 15 is 0 Å². The molecule has 0 bridgehead atoms. The summed E-state index contributed by atoms with van der Waals surface area (Å²) in [7, 11) is 0. The minimum atomic E-state index is 0.223. The Morgan fingerprint density at radius 3 is 3.00 bits per heavy atom. The normalized spacial score (nSPS) is 10.7. The number of halogens is 1. The third kappa shape index (κ3) is 3.12. The van der Waals surface area contributed by atoms with Crippen LogP contribution in [0.2, 0.25) is 0 Å². The summed E-state index contributed by atoms with van der Waals surface area (Å²) in [5.74, 6) is 0. The van der Waals surface area contributed by atoms with Crippen LogP contribution in [0.1, 0.15) is 25.5 Å². The molecule has 1 heterocycles. The number of aromatic nitrogens is 2. The van der Waals surface area contributed by atoms with Gasteiger partial charge in [-0.3, -0.25) is 4.68 Å². The molecule has 0 saturated carbocycles. The van der Waals surface area contributed by atoms with Gasteiger partial charge in [-0.15, -0.1) is 0 Å². The van der Waals surface area contributed by atoms with Gasteiger partial charge < -0.3 is 5.11 Å². The Morgan fingerprint density at radius 1 is 1.62 bits per heavy atom. The first-order valence-electron chi connectivity index (χ1n) is 4.60. The molecule has 0 fully saturated rings. The lowest BCUT2D eigenvalue weighted by molar-refractivity contribution is 0.277. The molecule has 74 valence electrons. The molecule has 0 spiro atoms. The highest BCUT2D eigenvalue weighted by atomic mass is 79.9. The molecule has 0 unspecified atom stereocenters. The summed E-state index contributed by atoms with van der Waals surface area (Å²) in [5.41, 5.74) is 1.11. The fourth-order valence-corrected chi connectivity index (χ4v) is 1.70. The molecule has 0 saturated heterocycles. The van der Waals surface area contributed by atoms with E-state index in [0.717, 1.165) is 36.0 Å². The number of hydrogen-bond donors (Lipinski definition) is 1. The molecule has 0 radical (unpaired) electrons. The molecule has 1 N–H and O–H groups in total. The van der Waals surface area contributed by atoms with Gasteiger partial charge in [0.1, 0.15) is 0 Å². The summed E-state index contributed by atoms with van der Waals surface area (Å²) in [6, 6.07) is 0. The summed E-state index contributed by atoms with van der Waals surface area (Å²) in [6.07, 6.45) is 4.85. The van der Waals surface area contributed by atoms with Crippen LogP contribution < -0.4 is 0 Å². The number of rotatable bonds is 5. The number of aryl methyl sites for hydroxylation is 2. The quantitative estimate of drug-likeness (QED) is 0.863. The van der Waals surface area contributed by atoms with E-state index in [1.54, 1.807) is 0 Å². The lowest BCUT2D eigenvalue weighted by atomic mass is 10.3. The fraction of sp³-hybridized carbons (Fsp3) is 0.667. The number of aliphatic hydroxyl groups excluding tert-OH is 1. The molecule has 0 aliphatic heterocycles. The predicted molar refractivity (Wildman–Crippen MR) is 55.6 cm³/mol. The van der Waals surface area contributed by atoms with Crippen molar-refractivity contribution in [2.75, 3.05) is 6.61 Å². The lowest BCUT2D eigenvalue weighted by Gasteiger charge is -1.97. The van der Waals surface area contributed by atoms with E-state index in [1.807, 2.05) is 10.9 Å². The van der Waals surface area contributed by atoms with Gasteiger partial charge in [-0.1, -0.05) is 13.3 Å². The Bertz CT molecular complexity index is 260. The van der Waals surface area contributed by atoms with Crippen LogP contribution >= 0.6 is 15.9 Å². The summed E-state index contributed by atoms with van der Waals surface area (Å²) < 4.78 is 2.96. The highest BCUT2D eigenvalue weighted by molar-refractivity contribution is 9.10. The zero-order valence-electron chi connectivity index (χ0n) is 7.83. The topological polar surface area (TPSA) is 38.0 Å². The van der Waals surface area contributed by atoms with Gasteiger partial charge in [0.05, 0.1) is 10.2 Å². The Kier molecular flexibility index (Phi) is 4.45. The van der Waals surface area contributed by atoms with Gasteiger partial charge in [0.2, 0.25) is 0 Å². The second-order valence-electron chi connectivity index (χ2n) is 3.01. The number of hydrogen-bond acceptors (Lipinski definition) is 2. The van der Waals surface area contributed by atoms with Crippen molar-refractivity contribution in [1.82, 2.24) is 9.78 Å². The van der Waals surface area contributed by atoms with Crippen molar-refractivity contribution in [3.05, 3.63) is 16.4 Å². The molecule has 0 aromatic carbocycles. The first-order chi connectivity index (χ1) is 6.27. The highest BCUT2D eigenvalue weighted by Crippen LogP contribution is 2.16. The van der Waals surface area contributed by atoms with Crippen molar-refractivity contribution in [2.24, 2.45) is 0 Å². The molecule has 0 aliphatic rings. The molecule has 13 heavy (non-hydrogen) atoms. The first kappa shape index (κ1) is 10.7. The molecular formula is C9H15BrN2O. The summed E-state index contributed by atoms with van der Waals surface area (Å²) in [5, 5.41) is 13.0. The van der Waals surface area contributed by atoms with Crippen LogP contribution in [-0.4, -0.2) is 21.5 Å². The standard InChI is InChI=1S/C9H15BrN2O/c1-2-4-9-8(10)7-12(11-9)5-3-6-13/h7,13H,2-6H2,1H3. The van der Waals surface area contributed by atoms with Crippen molar-refractivity contribution in [2.45, 2.75) is 32.7 Å². The van der Waals surface area contributed by atoms with E-state index in [1.165, 1.54) is 0 Å². The van der Waals surface area contributed by atoms with Crippen LogP contribution in [0.3, 0.4) is 0 Å². The minimum absolute atomic E-state index is 0.223. The SMILES string of the molecule is CCCc1nn(CCCO)cc1Br. The molecule has 0 atom stereocenters. The first-order valence-corrected chi connectivity index (χ1v) is 5.40. The van der Waals surface area contributed by atoms with Gasteiger partial charge in [-0.25, -0.2) is 0 Å². The number of aliphatic hydroxyl groups is 1. The van der Waals surface area contributed by atoms with Crippen molar-refractivity contribution >= 4 is 15.9 Å². The summed E-state index contributed by atoms with van der Waals surface area (Å²) in [4.78, 5) is 0. The van der Waals surface area contributed by atoms with Gasteiger partial charge >= 0.3 is 0 Å². The van der Waals surface area contributed by atoms with Crippen LogP contribution in [-0.2, 0) is 13.0 Å². The molecule has 0 aliphatic carbocycles. The van der Waals surface area contributed by atoms with Crippen LogP contribution in [0, 0.1) is 0 Å². The molecule has 4 heteroatoms. The van der Waals surface area contributed by atoms with Gasteiger partial charge in [-0.05, 0) is 28.8 Å².